The van der Waals surface area contributed by atoms with Crippen LogP contribution in [0.1, 0.15) is 39.5 Å². The lowest BCUT2D eigenvalue weighted by Gasteiger charge is -1.96. The first kappa shape index (κ1) is 7.59. The van der Waals surface area contributed by atoms with Crippen molar-refractivity contribution in [1.82, 2.24) is 0 Å². The van der Waals surface area contributed by atoms with Crippen LogP contribution in [0.25, 0.3) is 0 Å². The second-order valence-electron chi connectivity index (χ2n) is 2.84. The van der Waals surface area contributed by atoms with Gasteiger partial charge >= 0.3 is 0 Å². The zero-order valence-corrected chi connectivity index (χ0v) is 6.98. The van der Waals surface area contributed by atoms with E-state index in [4.69, 9.17) is 0 Å². The smallest absolute Gasteiger partial charge is 0.0276 e. The molecule has 56 valence electrons. The van der Waals surface area contributed by atoms with Gasteiger partial charge in [-0.25, -0.2) is 0 Å². The van der Waals surface area contributed by atoms with Gasteiger partial charge in [-0.1, -0.05) is 24.6 Å². The summed E-state index contributed by atoms with van der Waals surface area (Å²) in [7, 11) is 0. The highest BCUT2D eigenvalue weighted by Gasteiger charge is 2.08. The van der Waals surface area contributed by atoms with Crippen LogP contribution < -0.4 is 0 Å². The van der Waals surface area contributed by atoms with E-state index in [2.05, 4.69) is 26.0 Å². The van der Waals surface area contributed by atoms with Gasteiger partial charge in [0.05, 0.1) is 0 Å². The average molecular weight is 136 g/mol. The minimum Gasteiger partial charge on any atom is -0.0874 e. The number of rotatable bonds is 2. The van der Waals surface area contributed by atoms with E-state index < -0.39 is 0 Å². The molecule has 0 atom stereocenters. The topological polar surface area (TPSA) is 0 Å². The van der Waals surface area contributed by atoms with Gasteiger partial charge in [0.15, 0.2) is 0 Å². The highest BCUT2D eigenvalue weighted by atomic mass is 14.1. The van der Waals surface area contributed by atoms with Crippen molar-refractivity contribution in [1.29, 1.82) is 0 Å². The molecular weight excluding hydrogens is 120 g/mol. The molecule has 1 aliphatic carbocycles. The molecule has 0 bridgehead atoms. The standard InChI is InChI=1S/C10H16/c1-3-6-10-8-5-7-9(10)4-2/h3,6H,4-5,7-8H2,1-2H3/b6-3-. The first-order valence-corrected chi connectivity index (χ1v) is 4.22. The number of hydrogen-bond donors (Lipinski definition) is 0. The molecule has 1 aliphatic rings. The Hall–Kier alpha value is -0.520. The normalized spacial score (nSPS) is 19.4. The van der Waals surface area contributed by atoms with Gasteiger partial charge in [0.25, 0.3) is 0 Å². The summed E-state index contributed by atoms with van der Waals surface area (Å²) in [5.74, 6) is 0. The maximum absolute atomic E-state index is 2.27. The summed E-state index contributed by atoms with van der Waals surface area (Å²) in [6, 6.07) is 0. The van der Waals surface area contributed by atoms with Gasteiger partial charge in [0.1, 0.15) is 0 Å². The minimum absolute atomic E-state index is 1.25. The third kappa shape index (κ3) is 1.50. The minimum atomic E-state index is 1.25. The maximum atomic E-state index is 2.27. The van der Waals surface area contributed by atoms with Crippen LogP contribution in [0.15, 0.2) is 23.3 Å². The van der Waals surface area contributed by atoms with Gasteiger partial charge in [-0.15, -0.1) is 0 Å². The molecule has 0 spiro atoms. The average Bonchev–Trinajstić information content (AvgIpc) is 2.36. The molecule has 0 aromatic heterocycles. The van der Waals surface area contributed by atoms with Crippen molar-refractivity contribution in [3.05, 3.63) is 23.3 Å². The van der Waals surface area contributed by atoms with Gasteiger partial charge in [-0.3, -0.25) is 0 Å². The predicted molar refractivity (Wildman–Crippen MR) is 46.0 cm³/mol. The Morgan fingerprint density at radius 1 is 1.40 bits per heavy atom. The van der Waals surface area contributed by atoms with Crippen molar-refractivity contribution < 1.29 is 0 Å². The lowest BCUT2D eigenvalue weighted by molar-refractivity contribution is 0.876. The molecule has 0 radical (unpaired) electrons. The Morgan fingerprint density at radius 2 is 2.20 bits per heavy atom. The van der Waals surface area contributed by atoms with Crippen LogP contribution in [-0.2, 0) is 0 Å². The van der Waals surface area contributed by atoms with Crippen LogP contribution in [-0.4, -0.2) is 0 Å². The van der Waals surface area contributed by atoms with Crippen LogP contribution in [0, 0.1) is 0 Å². The van der Waals surface area contributed by atoms with E-state index in [1.165, 1.54) is 25.7 Å². The maximum Gasteiger partial charge on any atom is -0.0276 e. The van der Waals surface area contributed by atoms with Gasteiger partial charge in [0, 0.05) is 0 Å². The first-order chi connectivity index (χ1) is 4.88. The highest BCUT2D eigenvalue weighted by Crippen LogP contribution is 2.28. The summed E-state index contributed by atoms with van der Waals surface area (Å²) in [5, 5.41) is 0. The summed E-state index contributed by atoms with van der Waals surface area (Å²) in [5.41, 5.74) is 3.28. The Labute approximate surface area is 63.6 Å². The van der Waals surface area contributed by atoms with Crippen molar-refractivity contribution in [2.75, 3.05) is 0 Å². The Kier molecular flexibility index (Phi) is 2.73. The van der Waals surface area contributed by atoms with Crippen LogP contribution in [0.2, 0.25) is 0 Å². The van der Waals surface area contributed by atoms with Crippen molar-refractivity contribution >= 4 is 0 Å². The molecule has 0 saturated heterocycles. The fraction of sp³-hybridized carbons (Fsp3) is 0.600. The molecule has 0 fully saturated rings. The molecule has 0 heterocycles. The molecule has 0 aliphatic heterocycles. The summed E-state index contributed by atoms with van der Waals surface area (Å²) < 4.78 is 0. The third-order valence-electron chi connectivity index (χ3n) is 2.17. The quantitative estimate of drug-likeness (QED) is 0.545. The zero-order valence-electron chi connectivity index (χ0n) is 6.98. The molecule has 10 heavy (non-hydrogen) atoms. The van der Waals surface area contributed by atoms with Crippen LogP contribution in [0.5, 0.6) is 0 Å². The highest BCUT2D eigenvalue weighted by molar-refractivity contribution is 5.29. The van der Waals surface area contributed by atoms with E-state index in [0.29, 0.717) is 0 Å². The first-order valence-electron chi connectivity index (χ1n) is 4.22. The second-order valence-corrected chi connectivity index (χ2v) is 2.84. The molecule has 0 N–H and O–H groups in total. The van der Waals surface area contributed by atoms with Gasteiger partial charge < -0.3 is 0 Å². The van der Waals surface area contributed by atoms with Gasteiger partial charge in [-0.05, 0) is 38.2 Å². The van der Waals surface area contributed by atoms with Crippen LogP contribution in [0.3, 0.4) is 0 Å². The lowest BCUT2D eigenvalue weighted by Crippen LogP contribution is -1.76. The summed E-state index contributed by atoms with van der Waals surface area (Å²) >= 11 is 0. The Morgan fingerprint density at radius 3 is 2.80 bits per heavy atom. The Balaban J connectivity index is 2.68. The summed E-state index contributed by atoms with van der Waals surface area (Å²) in [6.07, 6.45) is 9.70. The molecule has 0 saturated carbocycles. The van der Waals surface area contributed by atoms with Crippen molar-refractivity contribution in [2.45, 2.75) is 39.5 Å². The monoisotopic (exact) mass is 136 g/mol. The fourth-order valence-corrected chi connectivity index (χ4v) is 1.64. The summed E-state index contributed by atoms with van der Waals surface area (Å²) in [6.45, 7) is 4.35. The van der Waals surface area contributed by atoms with Gasteiger partial charge in [-0.2, -0.15) is 0 Å². The molecule has 0 unspecified atom stereocenters. The third-order valence-corrected chi connectivity index (χ3v) is 2.17. The van der Waals surface area contributed by atoms with E-state index in [1.54, 1.807) is 11.1 Å². The van der Waals surface area contributed by atoms with Crippen LogP contribution in [0.4, 0.5) is 0 Å². The SMILES string of the molecule is C/C=C\C1=C(CC)CCC1. The van der Waals surface area contributed by atoms with Crippen molar-refractivity contribution in [3.8, 4) is 0 Å². The van der Waals surface area contributed by atoms with Crippen molar-refractivity contribution in [3.63, 3.8) is 0 Å². The van der Waals surface area contributed by atoms with E-state index >= 15 is 0 Å². The van der Waals surface area contributed by atoms with E-state index in [-0.39, 0.29) is 0 Å². The van der Waals surface area contributed by atoms with E-state index in [0.717, 1.165) is 0 Å². The fourth-order valence-electron chi connectivity index (χ4n) is 1.64. The molecule has 0 amide bonds. The lowest BCUT2D eigenvalue weighted by atomic mass is 10.1. The van der Waals surface area contributed by atoms with E-state index in [1.807, 2.05) is 0 Å². The van der Waals surface area contributed by atoms with E-state index in [9.17, 15) is 0 Å². The molecule has 0 heteroatoms. The number of allylic oxidation sites excluding steroid dienone is 4. The van der Waals surface area contributed by atoms with Crippen LogP contribution >= 0.6 is 0 Å². The second kappa shape index (κ2) is 3.60. The summed E-state index contributed by atoms with van der Waals surface area (Å²) in [4.78, 5) is 0. The Bertz CT molecular complexity index is 161. The predicted octanol–water partition coefficient (Wildman–Crippen LogP) is 3.45. The number of hydrogen-bond acceptors (Lipinski definition) is 0. The van der Waals surface area contributed by atoms with Crippen molar-refractivity contribution in [2.24, 2.45) is 0 Å². The molecular formula is C10H16. The molecule has 0 nitrogen and oxygen atoms in total. The molecule has 0 aromatic carbocycles. The molecule has 1 rings (SSSR count). The zero-order chi connectivity index (χ0) is 7.40. The van der Waals surface area contributed by atoms with Gasteiger partial charge in [0.2, 0.25) is 0 Å². The largest absolute Gasteiger partial charge is 0.0874 e. The molecule has 0 aromatic rings.